The summed E-state index contributed by atoms with van der Waals surface area (Å²) in [6.45, 7) is 4.25. The summed E-state index contributed by atoms with van der Waals surface area (Å²) in [5, 5.41) is 8.14. The first kappa shape index (κ1) is 9.85. The normalized spacial score (nSPS) is 8.00. The maximum atomic E-state index is 8.14. The van der Waals surface area contributed by atoms with Crippen LogP contribution in [-0.2, 0) is 22.4 Å². The minimum atomic E-state index is 0. The molecule has 0 bridgehead atoms. The number of aliphatic hydroxyl groups excluding tert-OH is 1. The van der Waals surface area contributed by atoms with Gasteiger partial charge in [0.1, 0.15) is 0 Å². The zero-order valence-electron chi connectivity index (χ0n) is 4.18. The van der Waals surface area contributed by atoms with E-state index in [2.05, 4.69) is 0 Å². The van der Waals surface area contributed by atoms with Gasteiger partial charge in [0.2, 0.25) is 0 Å². The van der Waals surface area contributed by atoms with Crippen molar-refractivity contribution >= 4 is 0 Å². The smallest absolute Gasteiger partial charge is 0.0453 e. The summed E-state index contributed by atoms with van der Waals surface area (Å²) in [4.78, 5) is 0. The molecule has 2 heteroatoms. The van der Waals surface area contributed by atoms with Crippen LogP contribution in [0.1, 0.15) is 13.8 Å². The van der Waals surface area contributed by atoms with Gasteiger partial charge in [-0.2, -0.15) is 0 Å². The van der Waals surface area contributed by atoms with Gasteiger partial charge in [-0.05, 0) is 5.92 Å². The van der Waals surface area contributed by atoms with Gasteiger partial charge in [0, 0.05) is 29.0 Å². The Morgan fingerprint density at radius 1 is 1.50 bits per heavy atom. The number of hydrogen-bond acceptors (Lipinski definition) is 1. The molecule has 0 unspecified atom stereocenters. The van der Waals surface area contributed by atoms with Gasteiger partial charge in [0.15, 0.2) is 0 Å². The maximum absolute atomic E-state index is 8.14. The summed E-state index contributed by atoms with van der Waals surface area (Å²) in [5.41, 5.74) is 0. The molecule has 1 radical (unpaired) electrons. The Kier molecular flexibility index (Phi) is 9.36. The Bertz CT molecular complexity index is 21.5. The molecule has 0 aliphatic heterocycles. The summed E-state index contributed by atoms with van der Waals surface area (Å²) in [7, 11) is 0. The Morgan fingerprint density at radius 3 is 1.67 bits per heavy atom. The molecular weight excluding hydrogens is 157 g/mol. The SMILES string of the molecule is CC(C)CO.[Nb]. The van der Waals surface area contributed by atoms with Gasteiger partial charge in [-0.1, -0.05) is 13.8 Å². The van der Waals surface area contributed by atoms with E-state index in [9.17, 15) is 0 Å². The molecule has 0 rings (SSSR count). The third kappa shape index (κ3) is 8.83. The second-order valence-corrected chi connectivity index (χ2v) is 1.58. The summed E-state index contributed by atoms with van der Waals surface area (Å²) < 4.78 is 0. The van der Waals surface area contributed by atoms with Crippen LogP contribution >= 0.6 is 0 Å². The quantitative estimate of drug-likeness (QED) is 0.568. The summed E-state index contributed by atoms with van der Waals surface area (Å²) in [6, 6.07) is 0. The first-order valence-electron chi connectivity index (χ1n) is 1.88. The summed E-state index contributed by atoms with van der Waals surface area (Å²) in [6.07, 6.45) is 0. The number of rotatable bonds is 1. The number of hydrogen-bond donors (Lipinski definition) is 1. The first-order chi connectivity index (χ1) is 2.27. The minimum absolute atomic E-state index is 0. The number of aliphatic hydroxyl groups is 1. The molecule has 0 aliphatic rings. The van der Waals surface area contributed by atoms with E-state index in [4.69, 9.17) is 5.11 Å². The van der Waals surface area contributed by atoms with Crippen molar-refractivity contribution in [3.05, 3.63) is 0 Å². The molecule has 0 heterocycles. The third-order valence-electron chi connectivity index (χ3n) is 0.365. The Balaban J connectivity index is 0. The fourth-order valence-corrected chi connectivity index (χ4v) is 0. The molecule has 0 amide bonds. The van der Waals surface area contributed by atoms with Crippen molar-refractivity contribution in [2.45, 2.75) is 13.8 Å². The van der Waals surface area contributed by atoms with Crippen LogP contribution in [0, 0.1) is 5.92 Å². The zero-order valence-corrected chi connectivity index (χ0v) is 6.38. The van der Waals surface area contributed by atoms with Crippen LogP contribution in [0.15, 0.2) is 0 Å². The minimum Gasteiger partial charge on any atom is -0.396 e. The van der Waals surface area contributed by atoms with Gasteiger partial charge < -0.3 is 5.11 Å². The van der Waals surface area contributed by atoms with Crippen LogP contribution in [0.4, 0.5) is 0 Å². The molecule has 0 saturated carbocycles. The van der Waals surface area contributed by atoms with E-state index in [1.165, 1.54) is 0 Å². The van der Waals surface area contributed by atoms with Crippen LogP contribution in [0.5, 0.6) is 0 Å². The maximum Gasteiger partial charge on any atom is 0.0453 e. The van der Waals surface area contributed by atoms with Gasteiger partial charge in [-0.15, -0.1) is 0 Å². The predicted molar refractivity (Wildman–Crippen MR) is 21.9 cm³/mol. The van der Waals surface area contributed by atoms with Crippen LogP contribution in [0.2, 0.25) is 0 Å². The Hall–Kier alpha value is 0.700. The molecule has 37 valence electrons. The van der Waals surface area contributed by atoms with Crippen molar-refractivity contribution in [1.29, 1.82) is 0 Å². The van der Waals surface area contributed by atoms with Crippen LogP contribution < -0.4 is 0 Å². The van der Waals surface area contributed by atoms with Crippen LogP contribution in [0.25, 0.3) is 0 Å². The molecule has 0 atom stereocenters. The van der Waals surface area contributed by atoms with Crippen molar-refractivity contribution in [2.75, 3.05) is 6.61 Å². The molecule has 0 aliphatic carbocycles. The van der Waals surface area contributed by atoms with Crippen LogP contribution in [0.3, 0.4) is 0 Å². The molecule has 0 saturated heterocycles. The van der Waals surface area contributed by atoms with Crippen molar-refractivity contribution in [3.8, 4) is 0 Å². The van der Waals surface area contributed by atoms with Crippen molar-refractivity contribution in [2.24, 2.45) is 5.92 Å². The van der Waals surface area contributed by atoms with Gasteiger partial charge in [0.05, 0.1) is 0 Å². The van der Waals surface area contributed by atoms with E-state index in [-0.39, 0.29) is 22.4 Å². The van der Waals surface area contributed by atoms with E-state index in [1.54, 1.807) is 0 Å². The van der Waals surface area contributed by atoms with Crippen molar-refractivity contribution in [3.63, 3.8) is 0 Å². The molecule has 0 spiro atoms. The summed E-state index contributed by atoms with van der Waals surface area (Å²) in [5.74, 6) is 0.440. The molecule has 6 heavy (non-hydrogen) atoms. The molecule has 0 aromatic heterocycles. The molecule has 0 fully saturated rings. The Labute approximate surface area is 54.3 Å². The molecule has 0 aromatic rings. The van der Waals surface area contributed by atoms with E-state index in [1.807, 2.05) is 13.8 Å². The average Bonchev–Trinajstić information content (AvgIpc) is 1.38. The van der Waals surface area contributed by atoms with Gasteiger partial charge in [-0.25, -0.2) is 0 Å². The largest absolute Gasteiger partial charge is 0.396 e. The molecular formula is C4H10NbO. The second-order valence-electron chi connectivity index (χ2n) is 1.58. The monoisotopic (exact) mass is 167 g/mol. The fourth-order valence-electron chi connectivity index (χ4n) is 0. The van der Waals surface area contributed by atoms with Crippen LogP contribution in [-0.4, -0.2) is 11.7 Å². The zero-order chi connectivity index (χ0) is 4.28. The standard InChI is InChI=1S/C4H10O.Nb/c1-4(2)3-5;/h4-5H,3H2,1-2H3;. The van der Waals surface area contributed by atoms with Gasteiger partial charge in [0.25, 0.3) is 0 Å². The van der Waals surface area contributed by atoms with Gasteiger partial charge >= 0.3 is 0 Å². The van der Waals surface area contributed by atoms with Crippen molar-refractivity contribution in [1.82, 2.24) is 0 Å². The second kappa shape index (κ2) is 5.70. The average molecular weight is 167 g/mol. The molecule has 0 aromatic carbocycles. The van der Waals surface area contributed by atoms with E-state index < -0.39 is 0 Å². The van der Waals surface area contributed by atoms with Crippen molar-refractivity contribution < 1.29 is 27.5 Å². The predicted octanol–water partition coefficient (Wildman–Crippen LogP) is 0.632. The third-order valence-corrected chi connectivity index (χ3v) is 0.365. The van der Waals surface area contributed by atoms with Gasteiger partial charge in [-0.3, -0.25) is 0 Å². The fraction of sp³-hybridized carbons (Fsp3) is 1.00. The summed E-state index contributed by atoms with van der Waals surface area (Å²) >= 11 is 0. The van der Waals surface area contributed by atoms with E-state index in [0.717, 1.165) is 0 Å². The molecule has 1 nitrogen and oxygen atoms in total. The first-order valence-corrected chi connectivity index (χ1v) is 1.88. The topological polar surface area (TPSA) is 20.2 Å². The molecule has 1 N–H and O–H groups in total. The Morgan fingerprint density at radius 2 is 1.67 bits per heavy atom. The van der Waals surface area contributed by atoms with E-state index >= 15 is 0 Å². The van der Waals surface area contributed by atoms with E-state index in [0.29, 0.717) is 12.5 Å².